The maximum atomic E-state index is 6.46. The zero-order chi connectivity index (χ0) is 22.6. The molecule has 0 bridgehead atoms. The van der Waals surface area contributed by atoms with Gasteiger partial charge >= 0.3 is 0 Å². The zero-order valence-corrected chi connectivity index (χ0v) is 19.7. The second kappa shape index (κ2) is 9.75. The molecule has 4 heterocycles. The van der Waals surface area contributed by atoms with Crippen molar-refractivity contribution in [2.24, 2.45) is 0 Å². The molecule has 1 unspecified atom stereocenters. The monoisotopic (exact) mass is 475 g/mol. The van der Waals surface area contributed by atoms with Crippen molar-refractivity contribution in [3.63, 3.8) is 0 Å². The van der Waals surface area contributed by atoms with Crippen LogP contribution in [0.4, 0.5) is 11.5 Å². The Hall–Kier alpha value is -3.18. The molecule has 0 radical (unpaired) electrons. The van der Waals surface area contributed by atoms with Gasteiger partial charge in [-0.3, -0.25) is 9.88 Å². The number of nitrogens with zero attached hydrogens (tertiary/aromatic N) is 4. The van der Waals surface area contributed by atoms with Gasteiger partial charge in [0.1, 0.15) is 18.7 Å². The zero-order valence-electron chi connectivity index (χ0n) is 18.1. The lowest BCUT2D eigenvalue weighted by Gasteiger charge is -2.11. The smallest absolute Gasteiger partial charge is 0.151 e. The predicted molar refractivity (Wildman–Crippen MR) is 133 cm³/mol. The van der Waals surface area contributed by atoms with E-state index >= 15 is 0 Å². The van der Waals surface area contributed by atoms with E-state index in [0.717, 1.165) is 45.3 Å². The molecule has 6 nitrogen and oxygen atoms in total. The van der Waals surface area contributed by atoms with Crippen LogP contribution < -0.4 is 10.1 Å². The van der Waals surface area contributed by atoms with Crippen LogP contribution in [0.3, 0.4) is 0 Å². The SMILES string of the molecule is CN1CCCC1C#Cc1cc2ncnc(Nc3ccc(OCc4ccccn4)c(Cl)c3)c2s1. The molecule has 4 aromatic rings. The molecule has 1 atom stereocenters. The molecule has 0 spiro atoms. The van der Waals surface area contributed by atoms with E-state index < -0.39 is 0 Å². The van der Waals surface area contributed by atoms with Gasteiger partial charge in [-0.05, 0) is 62.8 Å². The van der Waals surface area contributed by atoms with Crippen LogP contribution in [-0.4, -0.2) is 39.5 Å². The van der Waals surface area contributed by atoms with Crippen LogP contribution >= 0.6 is 22.9 Å². The van der Waals surface area contributed by atoms with Crippen molar-refractivity contribution in [1.82, 2.24) is 19.9 Å². The first kappa shape index (κ1) is 21.7. The lowest BCUT2D eigenvalue weighted by Crippen LogP contribution is -2.22. The Morgan fingerprint density at radius 1 is 1.21 bits per heavy atom. The number of anilines is 2. The van der Waals surface area contributed by atoms with Crippen LogP contribution in [0.15, 0.2) is 55.0 Å². The summed E-state index contributed by atoms with van der Waals surface area (Å²) >= 11 is 8.06. The largest absolute Gasteiger partial charge is 0.486 e. The van der Waals surface area contributed by atoms with Crippen molar-refractivity contribution in [2.75, 3.05) is 18.9 Å². The molecule has 3 aromatic heterocycles. The third kappa shape index (κ3) is 5.09. The lowest BCUT2D eigenvalue weighted by atomic mass is 10.2. The van der Waals surface area contributed by atoms with Gasteiger partial charge in [-0.1, -0.05) is 29.5 Å². The van der Waals surface area contributed by atoms with E-state index in [4.69, 9.17) is 16.3 Å². The number of halogens is 1. The van der Waals surface area contributed by atoms with Gasteiger partial charge in [-0.25, -0.2) is 9.97 Å². The van der Waals surface area contributed by atoms with Crippen LogP contribution in [0.5, 0.6) is 5.75 Å². The number of rotatable bonds is 5. The number of fused-ring (bicyclic) bond motifs is 1. The summed E-state index contributed by atoms with van der Waals surface area (Å²) in [4.78, 5) is 16.4. The van der Waals surface area contributed by atoms with Crippen LogP contribution in [0.2, 0.25) is 5.02 Å². The van der Waals surface area contributed by atoms with Gasteiger partial charge in [0.05, 0.1) is 31.9 Å². The highest BCUT2D eigenvalue weighted by Gasteiger charge is 2.18. The summed E-state index contributed by atoms with van der Waals surface area (Å²) in [5, 5.41) is 3.87. The minimum atomic E-state index is 0.333. The number of nitrogens with one attached hydrogen (secondary N) is 1. The fourth-order valence-electron chi connectivity index (χ4n) is 3.72. The standard InChI is InChI=1S/C25H22ClN5OS/c1-31-12-4-6-19(31)8-9-20-14-22-24(33-20)25(29-16-28-22)30-17-7-10-23(21(26)13-17)32-15-18-5-2-3-11-27-18/h2-3,5,7,10-11,13-14,16,19H,4,6,12,15H2,1H3,(H,28,29,30). The van der Waals surface area contributed by atoms with Gasteiger partial charge in [0.25, 0.3) is 0 Å². The topological polar surface area (TPSA) is 63.2 Å². The molecule has 1 aromatic carbocycles. The number of aromatic nitrogens is 3. The number of thiophene rings is 1. The van der Waals surface area contributed by atoms with E-state index in [-0.39, 0.29) is 0 Å². The molecule has 0 aliphatic carbocycles. The second-order valence-electron chi connectivity index (χ2n) is 7.84. The molecule has 1 saturated heterocycles. The van der Waals surface area contributed by atoms with Gasteiger partial charge in [0, 0.05) is 11.9 Å². The number of pyridine rings is 1. The van der Waals surface area contributed by atoms with Gasteiger partial charge in [-0.15, -0.1) is 11.3 Å². The van der Waals surface area contributed by atoms with Crippen molar-refractivity contribution in [1.29, 1.82) is 0 Å². The molecule has 1 N–H and O–H groups in total. The lowest BCUT2D eigenvalue weighted by molar-refractivity contribution is 0.301. The number of hydrogen-bond acceptors (Lipinski definition) is 7. The van der Waals surface area contributed by atoms with E-state index in [9.17, 15) is 0 Å². The van der Waals surface area contributed by atoms with Gasteiger partial charge in [0.2, 0.25) is 0 Å². The maximum absolute atomic E-state index is 6.46. The van der Waals surface area contributed by atoms with Crippen LogP contribution in [0.1, 0.15) is 23.4 Å². The predicted octanol–water partition coefficient (Wildman–Crippen LogP) is 5.51. The van der Waals surface area contributed by atoms with Crippen LogP contribution in [0.25, 0.3) is 10.2 Å². The van der Waals surface area contributed by atoms with Crippen molar-refractivity contribution in [3.8, 4) is 17.6 Å². The fraction of sp³-hybridized carbons (Fsp3) is 0.240. The highest BCUT2D eigenvalue weighted by atomic mass is 35.5. The van der Waals surface area contributed by atoms with Crippen molar-refractivity contribution < 1.29 is 4.74 Å². The molecular formula is C25H22ClN5OS. The fourth-order valence-corrected chi connectivity index (χ4v) is 4.87. The summed E-state index contributed by atoms with van der Waals surface area (Å²) in [7, 11) is 2.13. The molecule has 33 heavy (non-hydrogen) atoms. The molecule has 1 aliphatic heterocycles. The first-order chi connectivity index (χ1) is 16.2. The quantitative estimate of drug-likeness (QED) is 0.384. The van der Waals surface area contributed by atoms with Gasteiger partial charge in [-0.2, -0.15) is 0 Å². The first-order valence-corrected chi connectivity index (χ1v) is 11.9. The highest BCUT2D eigenvalue weighted by molar-refractivity contribution is 7.20. The second-order valence-corrected chi connectivity index (χ2v) is 9.29. The van der Waals surface area contributed by atoms with Gasteiger partial charge in [0.15, 0.2) is 5.82 Å². The van der Waals surface area contributed by atoms with Crippen LogP contribution in [-0.2, 0) is 6.61 Å². The van der Waals surface area contributed by atoms with E-state index in [1.54, 1.807) is 23.9 Å². The van der Waals surface area contributed by atoms with Crippen molar-refractivity contribution in [2.45, 2.75) is 25.5 Å². The van der Waals surface area contributed by atoms with Crippen molar-refractivity contribution >= 4 is 44.7 Å². The summed E-state index contributed by atoms with van der Waals surface area (Å²) in [6.07, 6.45) is 5.64. The highest BCUT2D eigenvalue weighted by Crippen LogP contribution is 2.33. The summed E-state index contributed by atoms with van der Waals surface area (Å²) in [6, 6.07) is 13.7. The number of likely N-dealkylation sites (tertiary alicyclic amines) is 1. The molecule has 0 saturated carbocycles. The molecular weight excluding hydrogens is 454 g/mol. The van der Waals surface area contributed by atoms with E-state index in [1.165, 1.54) is 6.42 Å². The first-order valence-electron chi connectivity index (χ1n) is 10.7. The average Bonchev–Trinajstić information content (AvgIpc) is 3.44. The van der Waals surface area contributed by atoms with Crippen molar-refractivity contribution in [3.05, 3.63) is 70.6 Å². The summed E-state index contributed by atoms with van der Waals surface area (Å²) in [5.41, 5.74) is 2.54. The van der Waals surface area contributed by atoms with Gasteiger partial charge < -0.3 is 10.1 Å². The summed E-state index contributed by atoms with van der Waals surface area (Å²) in [6.45, 7) is 1.47. The normalized spacial score (nSPS) is 15.9. The Morgan fingerprint density at radius 3 is 2.94 bits per heavy atom. The minimum Gasteiger partial charge on any atom is -0.486 e. The third-order valence-corrected chi connectivity index (χ3v) is 6.83. The Labute approximate surface area is 201 Å². The van der Waals surface area contributed by atoms with E-state index in [2.05, 4.69) is 44.1 Å². The molecule has 8 heteroatoms. The number of hydrogen-bond donors (Lipinski definition) is 1. The van der Waals surface area contributed by atoms with Crippen LogP contribution in [0, 0.1) is 11.8 Å². The third-order valence-electron chi connectivity index (χ3n) is 5.49. The molecule has 1 fully saturated rings. The Bertz CT molecular complexity index is 1330. The Morgan fingerprint density at radius 2 is 2.15 bits per heavy atom. The Balaban J connectivity index is 1.32. The summed E-state index contributed by atoms with van der Waals surface area (Å²) in [5.74, 6) is 8.06. The molecule has 5 rings (SSSR count). The molecule has 166 valence electrons. The number of benzene rings is 1. The average molecular weight is 476 g/mol. The van der Waals surface area contributed by atoms with E-state index in [1.807, 2.05) is 42.5 Å². The number of ether oxygens (including phenoxy) is 1. The summed E-state index contributed by atoms with van der Waals surface area (Å²) < 4.78 is 6.78. The van der Waals surface area contributed by atoms with E-state index in [0.29, 0.717) is 23.4 Å². The Kier molecular flexibility index (Phi) is 6.40. The molecule has 1 aliphatic rings. The minimum absolute atomic E-state index is 0.333. The molecule has 0 amide bonds. The maximum Gasteiger partial charge on any atom is 0.151 e.